The van der Waals surface area contributed by atoms with Crippen molar-refractivity contribution in [2.24, 2.45) is 0 Å². The van der Waals surface area contributed by atoms with Gasteiger partial charge in [-0.2, -0.15) is 0 Å². The number of likely N-dealkylation sites (tertiary alicyclic amines) is 1. The fourth-order valence-corrected chi connectivity index (χ4v) is 2.70. The molecule has 2 fully saturated rings. The predicted octanol–water partition coefficient (Wildman–Crippen LogP) is 1.79. The van der Waals surface area contributed by atoms with Gasteiger partial charge in [-0.25, -0.2) is 9.59 Å². The number of amides is 1. The first kappa shape index (κ1) is 14.8. The van der Waals surface area contributed by atoms with E-state index in [4.69, 9.17) is 9.47 Å². The molecule has 1 aliphatic carbocycles. The average molecular weight is 283 g/mol. The number of carbonyl (C=O) groups is 2. The van der Waals surface area contributed by atoms with E-state index in [1.165, 1.54) is 4.90 Å². The van der Waals surface area contributed by atoms with Crippen LogP contribution in [0, 0.1) is 0 Å². The van der Waals surface area contributed by atoms with E-state index >= 15 is 0 Å². The van der Waals surface area contributed by atoms with E-state index in [-0.39, 0.29) is 6.04 Å². The SMILES string of the molecule is C=CCO[C@@]12C[C@@H](C(=O)O)N(C(=O)OC(C)(C)C)[C@@H]1C2. The lowest BCUT2D eigenvalue weighted by Crippen LogP contribution is -2.45. The Kier molecular flexibility index (Phi) is 3.54. The molecule has 1 N–H and O–H groups in total. The summed E-state index contributed by atoms with van der Waals surface area (Å²) in [5.41, 5.74) is -1.18. The Labute approximate surface area is 118 Å². The number of hydrogen-bond acceptors (Lipinski definition) is 4. The average Bonchev–Trinajstić information content (AvgIpc) is 2.89. The van der Waals surface area contributed by atoms with Gasteiger partial charge in [0.15, 0.2) is 0 Å². The monoisotopic (exact) mass is 283 g/mol. The molecule has 2 aliphatic rings. The molecule has 0 spiro atoms. The van der Waals surface area contributed by atoms with Crippen LogP contribution >= 0.6 is 0 Å². The fraction of sp³-hybridized carbons (Fsp3) is 0.714. The summed E-state index contributed by atoms with van der Waals surface area (Å²) in [6.07, 6.45) is 2.00. The lowest BCUT2D eigenvalue weighted by atomic mass is 10.1. The molecule has 0 aromatic rings. The lowest BCUT2D eigenvalue weighted by molar-refractivity contribution is -0.143. The van der Waals surface area contributed by atoms with Crippen LogP contribution in [0.15, 0.2) is 12.7 Å². The second-order valence-electron chi connectivity index (χ2n) is 6.33. The molecule has 1 amide bonds. The summed E-state index contributed by atoms with van der Waals surface area (Å²) in [5.74, 6) is -1.02. The molecule has 1 saturated carbocycles. The second kappa shape index (κ2) is 4.77. The highest BCUT2D eigenvalue weighted by molar-refractivity contribution is 5.82. The Balaban J connectivity index is 2.12. The normalized spacial score (nSPS) is 31.6. The molecule has 2 rings (SSSR count). The fourth-order valence-electron chi connectivity index (χ4n) is 2.70. The number of carboxylic acids is 1. The largest absolute Gasteiger partial charge is 0.480 e. The van der Waals surface area contributed by atoms with Crippen LogP contribution in [-0.2, 0) is 14.3 Å². The minimum Gasteiger partial charge on any atom is -0.480 e. The number of aliphatic carboxylic acids is 1. The summed E-state index contributed by atoms with van der Waals surface area (Å²) in [4.78, 5) is 24.8. The summed E-state index contributed by atoms with van der Waals surface area (Å²) < 4.78 is 11.0. The minimum atomic E-state index is -1.02. The van der Waals surface area contributed by atoms with E-state index in [1.807, 2.05) is 0 Å². The third kappa shape index (κ3) is 2.65. The molecule has 3 atom stereocenters. The highest BCUT2D eigenvalue weighted by Crippen LogP contribution is 2.54. The van der Waals surface area contributed by atoms with Crippen molar-refractivity contribution in [3.05, 3.63) is 12.7 Å². The van der Waals surface area contributed by atoms with Crippen LogP contribution < -0.4 is 0 Å². The van der Waals surface area contributed by atoms with E-state index in [2.05, 4.69) is 6.58 Å². The van der Waals surface area contributed by atoms with Gasteiger partial charge in [-0.1, -0.05) is 6.08 Å². The zero-order valence-electron chi connectivity index (χ0n) is 12.1. The Bertz CT molecular complexity index is 441. The van der Waals surface area contributed by atoms with Crippen molar-refractivity contribution < 1.29 is 24.2 Å². The van der Waals surface area contributed by atoms with Crippen LogP contribution in [0.4, 0.5) is 4.79 Å². The van der Waals surface area contributed by atoms with E-state index in [0.29, 0.717) is 19.4 Å². The van der Waals surface area contributed by atoms with E-state index in [0.717, 1.165) is 0 Å². The van der Waals surface area contributed by atoms with Gasteiger partial charge in [-0.3, -0.25) is 4.90 Å². The Morgan fingerprint density at radius 2 is 2.10 bits per heavy atom. The van der Waals surface area contributed by atoms with Gasteiger partial charge in [-0.05, 0) is 20.8 Å². The number of nitrogens with zero attached hydrogens (tertiary/aromatic N) is 1. The van der Waals surface area contributed by atoms with Crippen molar-refractivity contribution in [1.82, 2.24) is 4.90 Å². The van der Waals surface area contributed by atoms with Crippen LogP contribution in [-0.4, -0.2) is 52.0 Å². The number of hydrogen-bond donors (Lipinski definition) is 1. The molecule has 1 saturated heterocycles. The van der Waals surface area contributed by atoms with Gasteiger partial charge in [0.25, 0.3) is 0 Å². The molecule has 1 aliphatic heterocycles. The first-order valence-electron chi connectivity index (χ1n) is 6.69. The highest BCUT2D eigenvalue weighted by Gasteiger charge is 2.69. The third-order valence-electron chi connectivity index (χ3n) is 3.57. The van der Waals surface area contributed by atoms with Crippen molar-refractivity contribution >= 4 is 12.1 Å². The topological polar surface area (TPSA) is 76.1 Å². The van der Waals surface area contributed by atoms with Gasteiger partial charge in [0.05, 0.1) is 18.2 Å². The van der Waals surface area contributed by atoms with Crippen LogP contribution in [0.25, 0.3) is 0 Å². The van der Waals surface area contributed by atoms with Gasteiger partial charge >= 0.3 is 12.1 Å². The standard InChI is InChI=1S/C14H21NO5/c1-5-6-19-14-7-9(11(16)17)15(10(14)8-14)12(18)20-13(2,3)4/h5,9-10H,1,6-8H2,2-4H3,(H,16,17)/t9-,10+,14+/m0/s1. The molecular weight excluding hydrogens is 262 g/mol. The van der Waals surface area contributed by atoms with Gasteiger partial charge in [0.2, 0.25) is 0 Å². The summed E-state index contributed by atoms with van der Waals surface area (Å²) in [6, 6.07) is -1.09. The third-order valence-corrected chi connectivity index (χ3v) is 3.57. The van der Waals surface area contributed by atoms with Crippen LogP contribution in [0.3, 0.4) is 0 Å². The van der Waals surface area contributed by atoms with Crippen molar-refractivity contribution in [2.75, 3.05) is 6.61 Å². The van der Waals surface area contributed by atoms with E-state index in [1.54, 1.807) is 26.8 Å². The van der Waals surface area contributed by atoms with Gasteiger partial charge in [0.1, 0.15) is 11.6 Å². The molecule has 20 heavy (non-hydrogen) atoms. The number of piperidine rings is 1. The lowest BCUT2D eigenvalue weighted by Gasteiger charge is -2.28. The predicted molar refractivity (Wildman–Crippen MR) is 71.4 cm³/mol. The van der Waals surface area contributed by atoms with Crippen LogP contribution in [0.1, 0.15) is 33.6 Å². The zero-order chi connectivity index (χ0) is 15.1. The molecular formula is C14H21NO5. The Morgan fingerprint density at radius 3 is 2.60 bits per heavy atom. The molecule has 0 aromatic carbocycles. The molecule has 6 heteroatoms. The maximum absolute atomic E-state index is 12.2. The van der Waals surface area contributed by atoms with Gasteiger partial charge in [0, 0.05) is 12.8 Å². The maximum atomic E-state index is 12.2. The summed E-state index contributed by atoms with van der Waals surface area (Å²) >= 11 is 0. The van der Waals surface area contributed by atoms with Crippen molar-refractivity contribution in [1.29, 1.82) is 0 Å². The quantitative estimate of drug-likeness (QED) is 0.796. The first-order valence-corrected chi connectivity index (χ1v) is 6.69. The van der Waals surface area contributed by atoms with Gasteiger partial charge < -0.3 is 14.6 Å². The van der Waals surface area contributed by atoms with E-state index in [9.17, 15) is 14.7 Å². The summed E-state index contributed by atoms with van der Waals surface area (Å²) in [5, 5.41) is 9.28. The Hall–Kier alpha value is -1.56. The number of rotatable bonds is 4. The molecule has 0 unspecified atom stereocenters. The van der Waals surface area contributed by atoms with E-state index < -0.39 is 29.3 Å². The molecule has 0 bridgehead atoms. The molecule has 0 aromatic heterocycles. The smallest absolute Gasteiger partial charge is 0.411 e. The molecule has 112 valence electrons. The molecule has 0 radical (unpaired) electrons. The maximum Gasteiger partial charge on any atom is 0.411 e. The number of fused-ring (bicyclic) bond motifs is 1. The summed E-state index contributed by atoms with van der Waals surface area (Å²) in [6.45, 7) is 9.20. The summed E-state index contributed by atoms with van der Waals surface area (Å²) in [7, 11) is 0. The second-order valence-corrected chi connectivity index (χ2v) is 6.33. The molecule has 6 nitrogen and oxygen atoms in total. The zero-order valence-corrected chi connectivity index (χ0v) is 12.1. The van der Waals surface area contributed by atoms with Crippen molar-refractivity contribution in [2.45, 2.75) is 56.9 Å². The minimum absolute atomic E-state index is 0.210. The van der Waals surface area contributed by atoms with Crippen molar-refractivity contribution in [3.63, 3.8) is 0 Å². The van der Waals surface area contributed by atoms with Crippen LogP contribution in [0.2, 0.25) is 0 Å². The number of carbonyl (C=O) groups excluding carboxylic acids is 1. The van der Waals surface area contributed by atoms with Crippen molar-refractivity contribution in [3.8, 4) is 0 Å². The molecule has 1 heterocycles. The van der Waals surface area contributed by atoms with Gasteiger partial charge in [-0.15, -0.1) is 6.58 Å². The Morgan fingerprint density at radius 1 is 1.45 bits per heavy atom. The number of ether oxygens (including phenoxy) is 2. The van der Waals surface area contributed by atoms with Crippen LogP contribution in [0.5, 0.6) is 0 Å². The highest BCUT2D eigenvalue weighted by atomic mass is 16.6. The first-order chi connectivity index (χ1) is 9.20. The number of carboxylic acid groups (broad SMARTS) is 1.